The van der Waals surface area contributed by atoms with E-state index in [2.05, 4.69) is 32.7 Å². The molecule has 2 aliphatic rings. The average Bonchev–Trinajstić information content (AvgIpc) is 3.19. The van der Waals surface area contributed by atoms with E-state index in [1.165, 1.54) is 25.9 Å². The first-order valence-electron chi connectivity index (χ1n) is 10.7. The zero-order valence-electron chi connectivity index (χ0n) is 17.2. The lowest BCUT2D eigenvalue weighted by Gasteiger charge is -2.06. The van der Waals surface area contributed by atoms with Crippen molar-refractivity contribution >= 4 is 11.0 Å². The molecule has 0 bridgehead atoms. The maximum atomic E-state index is 12.0. The molecule has 30 heavy (non-hydrogen) atoms. The van der Waals surface area contributed by atoms with Gasteiger partial charge in [0.2, 0.25) is 0 Å². The van der Waals surface area contributed by atoms with Crippen LogP contribution in [0.4, 0.5) is 0 Å². The maximum Gasteiger partial charge on any atom is 0.251 e. The SMILES string of the molecule is C1CC2CN2C1.CCn1ccc(-c2ccc3c(c2)ncn3-c2ccccc2)cc1=O. The van der Waals surface area contributed by atoms with Gasteiger partial charge in [-0.15, -0.1) is 0 Å². The first kappa shape index (κ1) is 18.8. The molecule has 2 aromatic heterocycles. The summed E-state index contributed by atoms with van der Waals surface area (Å²) in [6.45, 7) is 5.45. The van der Waals surface area contributed by atoms with Crippen LogP contribution in [0, 0.1) is 0 Å². The third-order valence-corrected chi connectivity index (χ3v) is 6.06. The minimum absolute atomic E-state index is 0.0184. The number of imidazole rings is 1. The van der Waals surface area contributed by atoms with E-state index < -0.39 is 0 Å². The Morgan fingerprint density at radius 2 is 1.87 bits per heavy atom. The summed E-state index contributed by atoms with van der Waals surface area (Å²) in [6.07, 6.45) is 6.62. The molecule has 152 valence electrons. The molecule has 0 spiro atoms. The summed E-state index contributed by atoms with van der Waals surface area (Å²) in [4.78, 5) is 19.1. The lowest BCUT2D eigenvalue weighted by molar-refractivity contribution is 0.593. The first-order chi connectivity index (χ1) is 14.7. The highest BCUT2D eigenvalue weighted by Gasteiger charge is 2.37. The predicted octanol–water partition coefficient (Wildman–Crippen LogP) is 4.34. The Bertz CT molecular complexity index is 1220. The number of hydrogen-bond donors (Lipinski definition) is 0. The summed E-state index contributed by atoms with van der Waals surface area (Å²) < 4.78 is 3.75. The van der Waals surface area contributed by atoms with Gasteiger partial charge in [0.1, 0.15) is 6.33 Å². The number of para-hydroxylation sites is 1. The number of aryl methyl sites for hydroxylation is 1. The molecule has 2 aromatic carbocycles. The number of pyridine rings is 1. The van der Waals surface area contributed by atoms with Crippen LogP contribution in [0.15, 0.2) is 78.0 Å². The van der Waals surface area contributed by atoms with Gasteiger partial charge < -0.3 is 4.57 Å². The van der Waals surface area contributed by atoms with E-state index in [0.29, 0.717) is 6.54 Å². The molecular weight excluding hydrogens is 372 g/mol. The Kier molecular flexibility index (Phi) is 4.97. The lowest BCUT2D eigenvalue weighted by Crippen LogP contribution is -2.16. The van der Waals surface area contributed by atoms with Crippen LogP contribution in [0.3, 0.4) is 0 Å². The normalized spacial score (nSPS) is 19.2. The number of rotatable bonds is 3. The van der Waals surface area contributed by atoms with Crippen molar-refractivity contribution < 1.29 is 0 Å². The fourth-order valence-corrected chi connectivity index (χ4v) is 4.24. The largest absolute Gasteiger partial charge is 0.316 e. The van der Waals surface area contributed by atoms with Gasteiger partial charge in [-0.1, -0.05) is 24.3 Å². The zero-order chi connectivity index (χ0) is 20.5. The highest BCUT2D eigenvalue weighted by molar-refractivity contribution is 5.83. The summed E-state index contributed by atoms with van der Waals surface area (Å²) in [6, 6.07) is 20.9. The molecule has 0 N–H and O–H groups in total. The van der Waals surface area contributed by atoms with Gasteiger partial charge >= 0.3 is 0 Å². The van der Waals surface area contributed by atoms with E-state index in [1.54, 1.807) is 10.6 Å². The molecule has 0 radical (unpaired) electrons. The van der Waals surface area contributed by atoms with Gasteiger partial charge in [-0.25, -0.2) is 4.98 Å². The van der Waals surface area contributed by atoms with Crippen molar-refractivity contribution in [1.82, 2.24) is 19.0 Å². The molecule has 0 saturated carbocycles. The summed E-state index contributed by atoms with van der Waals surface area (Å²) in [5.74, 6) is 0. The minimum atomic E-state index is 0.0184. The van der Waals surface area contributed by atoms with Crippen molar-refractivity contribution in [3.63, 3.8) is 0 Å². The Labute approximate surface area is 176 Å². The van der Waals surface area contributed by atoms with Crippen LogP contribution in [0.25, 0.3) is 27.8 Å². The van der Waals surface area contributed by atoms with Crippen molar-refractivity contribution in [2.45, 2.75) is 32.4 Å². The smallest absolute Gasteiger partial charge is 0.251 e. The molecule has 4 aromatic rings. The minimum Gasteiger partial charge on any atom is -0.316 e. The molecule has 4 heterocycles. The molecule has 2 saturated heterocycles. The number of fused-ring (bicyclic) bond motifs is 2. The second kappa shape index (κ2) is 7.92. The third-order valence-electron chi connectivity index (χ3n) is 6.06. The highest BCUT2D eigenvalue weighted by Crippen LogP contribution is 2.29. The van der Waals surface area contributed by atoms with Crippen molar-refractivity contribution in [2.24, 2.45) is 0 Å². The van der Waals surface area contributed by atoms with Gasteiger partial charge in [-0.2, -0.15) is 0 Å². The fraction of sp³-hybridized carbons (Fsp3) is 0.280. The molecule has 2 unspecified atom stereocenters. The molecular formula is C25H26N4O. The summed E-state index contributed by atoms with van der Waals surface area (Å²) in [7, 11) is 0. The van der Waals surface area contributed by atoms with E-state index in [9.17, 15) is 4.79 Å². The lowest BCUT2D eigenvalue weighted by atomic mass is 10.1. The number of nitrogens with zero attached hydrogens (tertiary/aromatic N) is 4. The van der Waals surface area contributed by atoms with Crippen molar-refractivity contribution in [3.05, 3.63) is 83.5 Å². The molecule has 6 rings (SSSR count). The van der Waals surface area contributed by atoms with E-state index in [-0.39, 0.29) is 5.56 Å². The Balaban J connectivity index is 0.000000272. The summed E-state index contributed by atoms with van der Waals surface area (Å²) in [5, 5.41) is 0. The van der Waals surface area contributed by atoms with Crippen LogP contribution < -0.4 is 5.56 Å². The number of piperidine rings is 1. The van der Waals surface area contributed by atoms with Crippen LogP contribution in [-0.2, 0) is 6.54 Å². The zero-order valence-corrected chi connectivity index (χ0v) is 17.2. The van der Waals surface area contributed by atoms with E-state index in [1.807, 2.05) is 55.8 Å². The topological polar surface area (TPSA) is 42.8 Å². The van der Waals surface area contributed by atoms with Crippen molar-refractivity contribution in [3.8, 4) is 16.8 Å². The first-order valence-corrected chi connectivity index (χ1v) is 10.7. The van der Waals surface area contributed by atoms with E-state index in [0.717, 1.165) is 33.9 Å². The second-order valence-electron chi connectivity index (χ2n) is 7.98. The van der Waals surface area contributed by atoms with Crippen LogP contribution >= 0.6 is 0 Å². The quantitative estimate of drug-likeness (QED) is 0.482. The van der Waals surface area contributed by atoms with Crippen molar-refractivity contribution in [2.75, 3.05) is 13.1 Å². The monoisotopic (exact) mass is 398 g/mol. The number of benzene rings is 2. The highest BCUT2D eigenvalue weighted by atomic mass is 16.1. The van der Waals surface area contributed by atoms with Crippen LogP contribution in [0.2, 0.25) is 0 Å². The van der Waals surface area contributed by atoms with Crippen LogP contribution in [0.1, 0.15) is 19.8 Å². The summed E-state index contributed by atoms with van der Waals surface area (Å²) >= 11 is 0. The third kappa shape index (κ3) is 3.68. The number of aromatic nitrogens is 3. The molecule has 0 amide bonds. The van der Waals surface area contributed by atoms with Crippen LogP contribution in [0.5, 0.6) is 0 Å². The van der Waals surface area contributed by atoms with Crippen molar-refractivity contribution in [1.29, 1.82) is 0 Å². The second-order valence-corrected chi connectivity index (χ2v) is 7.98. The van der Waals surface area contributed by atoms with Gasteiger partial charge in [0.15, 0.2) is 0 Å². The predicted molar refractivity (Wildman–Crippen MR) is 121 cm³/mol. The Morgan fingerprint density at radius 1 is 1.03 bits per heavy atom. The van der Waals surface area contributed by atoms with Gasteiger partial charge in [0.05, 0.1) is 11.0 Å². The van der Waals surface area contributed by atoms with E-state index in [4.69, 9.17) is 0 Å². The fourth-order valence-electron chi connectivity index (χ4n) is 4.24. The maximum absolute atomic E-state index is 12.0. The van der Waals surface area contributed by atoms with Gasteiger partial charge in [0.25, 0.3) is 5.56 Å². The van der Waals surface area contributed by atoms with Gasteiger partial charge in [-0.3, -0.25) is 14.3 Å². The Hall–Kier alpha value is -3.18. The molecule has 5 heteroatoms. The van der Waals surface area contributed by atoms with Gasteiger partial charge in [-0.05, 0) is 67.8 Å². The summed E-state index contributed by atoms with van der Waals surface area (Å²) in [5.41, 5.74) is 4.98. The molecule has 2 aliphatic heterocycles. The average molecular weight is 399 g/mol. The molecule has 0 aliphatic carbocycles. The standard InChI is InChI=1S/C20H17N3O.C5H9N/c1-2-22-11-10-16(13-20(22)24)15-8-9-19-18(12-15)21-14-23(19)17-6-4-3-5-7-17;1-2-5-4-6(5)3-1/h3-14H,2H2,1H3;5H,1-4H2. The molecule has 2 atom stereocenters. The molecule has 5 nitrogen and oxygen atoms in total. The molecule has 2 fully saturated rings. The number of hydrogen-bond acceptors (Lipinski definition) is 3. The van der Waals surface area contributed by atoms with E-state index >= 15 is 0 Å². The van der Waals surface area contributed by atoms with Crippen LogP contribution in [-0.4, -0.2) is 38.1 Å². The van der Waals surface area contributed by atoms with Gasteiger partial charge in [0, 0.05) is 37.1 Å². The Morgan fingerprint density at radius 3 is 2.50 bits per heavy atom.